The van der Waals surface area contributed by atoms with Crippen LogP contribution in [0.3, 0.4) is 0 Å². The maximum atomic E-state index is 9.43. The Bertz CT molecular complexity index is 1060. The third-order valence-electron chi connectivity index (χ3n) is 4.13. The summed E-state index contributed by atoms with van der Waals surface area (Å²) in [6.45, 7) is 2.78. The van der Waals surface area contributed by atoms with E-state index >= 15 is 0 Å². The number of aromatic hydroxyl groups is 1. The zero-order valence-corrected chi connectivity index (χ0v) is 14.3. The molecule has 2 aromatic carbocycles. The van der Waals surface area contributed by atoms with Crippen molar-refractivity contribution < 1.29 is 5.11 Å². The lowest BCUT2D eigenvalue weighted by Crippen LogP contribution is -2.02. The summed E-state index contributed by atoms with van der Waals surface area (Å²) in [5.41, 5.74) is 5.38. The van der Waals surface area contributed by atoms with Crippen LogP contribution in [-0.2, 0) is 6.54 Å². The molecule has 5 nitrogen and oxygen atoms in total. The number of fused-ring (bicyclic) bond motifs is 1. The molecule has 0 atom stereocenters. The highest BCUT2D eigenvalue weighted by Crippen LogP contribution is 2.21. The van der Waals surface area contributed by atoms with E-state index in [9.17, 15) is 5.11 Å². The van der Waals surface area contributed by atoms with Crippen LogP contribution in [0.5, 0.6) is 5.75 Å². The van der Waals surface area contributed by atoms with Crippen LogP contribution >= 0.6 is 0 Å². The minimum Gasteiger partial charge on any atom is -0.508 e. The van der Waals surface area contributed by atoms with Crippen LogP contribution in [0.4, 0.5) is 5.82 Å². The standard InChI is InChI=1S/C21H18N4O/c1-14-3-2-4-15(11-14)12-23-20-10-9-18-21(25-20)24-19(13-22-18)16-5-7-17(26)8-6-16/h2-11,13,26H,12H2,1H3,(H,23,24,25). The maximum Gasteiger partial charge on any atom is 0.180 e. The monoisotopic (exact) mass is 342 g/mol. The van der Waals surface area contributed by atoms with Crippen LogP contribution in [0.15, 0.2) is 66.9 Å². The number of hydrogen-bond donors (Lipinski definition) is 2. The fourth-order valence-corrected chi connectivity index (χ4v) is 2.78. The Morgan fingerprint density at radius 2 is 1.81 bits per heavy atom. The third-order valence-corrected chi connectivity index (χ3v) is 4.13. The molecule has 0 radical (unpaired) electrons. The molecule has 0 aliphatic rings. The molecule has 26 heavy (non-hydrogen) atoms. The quantitative estimate of drug-likeness (QED) is 0.578. The van der Waals surface area contributed by atoms with E-state index < -0.39 is 0 Å². The topological polar surface area (TPSA) is 70.9 Å². The highest BCUT2D eigenvalue weighted by Gasteiger charge is 2.05. The number of aromatic nitrogens is 3. The molecular weight excluding hydrogens is 324 g/mol. The Labute approximate surface area is 151 Å². The average molecular weight is 342 g/mol. The van der Waals surface area contributed by atoms with Crippen molar-refractivity contribution in [3.05, 3.63) is 78.0 Å². The van der Waals surface area contributed by atoms with Crippen molar-refractivity contribution in [1.29, 1.82) is 0 Å². The van der Waals surface area contributed by atoms with Gasteiger partial charge in [0, 0.05) is 12.1 Å². The van der Waals surface area contributed by atoms with Gasteiger partial charge in [-0.15, -0.1) is 0 Å². The second-order valence-electron chi connectivity index (χ2n) is 6.18. The summed E-state index contributed by atoms with van der Waals surface area (Å²) in [7, 11) is 0. The smallest absolute Gasteiger partial charge is 0.180 e. The van der Waals surface area contributed by atoms with Gasteiger partial charge in [-0.05, 0) is 48.9 Å². The van der Waals surface area contributed by atoms with Crippen LogP contribution < -0.4 is 5.32 Å². The summed E-state index contributed by atoms with van der Waals surface area (Å²) in [6, 6.07) is 19.1. The van der Waals surface area contributed by atoms with Crippen molar-refractivity contribution in [3.63, 3.8) is 0 Å². The zero-order chi connectivity index (χ0) is 17.9. The van der Waals surface area contributed by atoms with E-state index in [2.05, 4.69) is 51.5 Å². The van der Waals surface area contributed by atoms with Crippen LogP contribution in [0, 0.1) is 6.92 Å². The number of aryl methyl sites for hydroxylation is 1. The molecule has 2 aromatic heterocycles. The van der Waals surface area contributed by atoms with E-state index in [-0.39, 0.29) is 5.75 Å². The lowest BCUT2D eigenvalue weighted by molar-refractivity contribution is 0.475. The molecule has 4 rings (SSSR count). The zero-order valence-electron chi connectivity index (χ0n) is 14.3. The molecule has 0 spiro atoms. The molecule has 0 aliphatic heterocycles. The van der Waals surface area contributed by atoms with Gasteiger partial charge in [0.15, 0.2) is 5.65 Å². The second kappa shape index (κ2) is 6.80. The van der Waals surface area contributed by atoms with Gasteiger partial charge in [-0.3, -0.25) is 4.98 Å². The molecule has 0 fully saturated rings. The first-order valence-corrected chi connectivity index (χ1v) is 8.40. The van der Waals surface area contributed by atoms with Crippen molar-refractivity contribution in [1.82, 2.24) is 15.0 Å². The summed E-state index contributed by atoms with van der Waals surface area (Å²) in [5.74, 6) is 0.986. The van der Waals surface area contributed by atoms with Gasteiger partial charge in [-0.1, -0.05) is 29.8 Å². The maximum absolute atomic E-state index is 9.43. The number of nitrogens with zero attached hydrogens (tertiary/aromatic N) is 3. The van der Waals surface area contributed by atoms with Crippen molar-refractivity contribution in [2.45, 2.75) is 13.5 Å². The molecule has 0 unspecified atom stereocenters. The summed E-state index contributed by atoms with van der Waals surface area (Å²) >= 11 is 0. The average Bonchev–Trinajstić information content (AvgIpc) is 2.66. The van der Waals surface area contributed by atoms with Gasteiger partial charge >= 0.3 is 0 Å². The van der Waals surface area contributed by atoms with Crippen molar-refractivity contribution in [3.8, 4) is 17.0 Å². The fourth-order valence-electron chi connectivity index (χ4n) is 2.78. The number of phenolic OH excluding ortho intramolecular Hbond substituents is 1. The first-order valence-electron chi connectivity index (χ1n) is 8.40. The van der Waals surface area contributed by atoms with Crippen LogP contribution in [0.1, 0.15) is 11.1 Å². The summed E-state index contributed by atoms with van der Waals surface area (Å²) in [4.78, 5) is 13.6. The lowest BCUT2D eigenvalue weighted by atomic mass is 10.1. The first-order chi connectivity index (χ1) is 12.7. The normalized spacial score (nSPS) is 10.8. The number of benzene rings is 2. The predicted octanol–water partition coefficient (Wildman–Crippen LogP) is 4.32. The predicted molar refractivity (Wildman–Crippen MR) is 103 cm³/mol. The number of pyridine rings is 1. The van der Waals surface area contributed by atoms with Crippen LogP contribution in [0.2, 0.25) is 0 Å². The van der Waals surface area contributed by atoms with Crippen LogP contribution in [0.25, 0.3) is 22.4 Å². The Kier molecular flexibility index (Phi) is 4.19. The van der Waals surface area contributed by atoms with E-state index in [4.69, 9.17) is 0 Å². The van der Waals surface area contributed by atoms with Gasteiger partial charge in [-0.2, -0.15) is 0 Å². The van der Waals surface area contributed by atoms with E-state index in [0.29, 0.717) is 12.2 Å². The van der Waals surface area contributed by atoms with Gasteiger partial charge < -0.3 is 10.4 Å². The molecule has 0 saturated heterocycles. The van der Waals surface area contributed by atoms with Gasteiger partial charge in [0.05, 0.1) is 11.9 Å². The number of phenols is 1. The lowest BCUT2D eigenvalue weighted by Gasteiger charge is -2.08. The van der Waals surface area contributed by atoms with Crippen LogP contribution in [-0.4, -0.2) is 20.1 Å². The van der Waals surface area contributed by atoms with Gasteiger partial charge in [0.25, 0.3) is 0 Å². The molecular formula is C21H18N4O. The molecule has 0 bridgehead atoms. The number of nitrogens with one attached hydrogen (secondary N) is 1. The SMILES string of the molecule is Cc1cccc(CNc2ccc3ncc(-c4ccc(O)cc4)nc3n2)c1. The van der Waals surface area contributed by atoms with E-state index in [1.165, 1.54) is 11.1 Å². The molecule has 2 heterocycles. The van der Waals surface area contributed by atoms with Crippen molar-refractivity contribution >= 4 is 17.0 Å². The highest BCUT2D eigenvalue weighted by atomic mass is 16.3. The number of rotatable bonds is 4. The van der Waals surface area contributed by atoms with Crippen molar-refractivity contribution in [2.75, 3.05) is 5.32 Å². The molecule has 128 valence electrons. The first kappa shape index (κ1) is 16.0. The molecule has 0 saturated carbocycles. The Hall–Kier alpha value is -3.47. The van der Waals surface area contributed by atoms with Gasteiger partial charge in [0.1, 0.15) is 17.1 Å². The largest absolute Gasteiger partial charge is 0.508 e. The summed E-state index contributed by atoms with van der Waals surface area (Å²) in [5, 5.41) is 12.8. The highest BCUT2D eigenvalue weighted by molar-refractivity contribution is 5.75. The third kappa shape index (κ3) is 3.47. The second-order valence-corrected chi connectivity index (χ2v) is 6.18. The fraction of sp³-hybridized carbons (Fsp3) is 0.0952. The Morgan fingerprint density at radius 3 is 2.62 bits per heavy atom. The van der Waals surface area contributed by atoms with Gasteiger partial charge in [0.2, 0.25) is 0 Å². The summed E-state index contributed by atoms with van der Waals surface area (Å²) < 4.78 is 0. The molecule has 2 N–H and O–H groups in total. The minimum absolute atomic E-state index is 0.225. The van der Waals surface area contributed by atoms with E-state index in [1.54, 1.807) is 18.3 Å². The number of hydrogen-bond acceptors (Lipinski definition) is 5. The van der Waals surface area contributed by atoms with E-state index in [1.807, 2.05) is 24.3 Å². The summed E-state index contributed by atoms with van der Waals surface area (Å²) in [6.07, 6.45) is 1.72. The molecule has 4 aromatic rings. The number of anilines is 1. The molecule has 5 heteroatoms. The van der Waals surface area contributed by atoms with Crippen molar-refractivity contribution in [2.24, 2.45) is 0 Å². The Balaban J connectivity index is 1.60. The molecule has 0 amide bonds. The van der Waals surface area contributed by atoms with Gasteiger partial charge in [-0.25, -0.2) is 9.97 Å². The van der Waals surface area contributed by atoms with E-state index in [0.717, 1.165) is 22.6 Å². The minimum atomic E-state index is 0.225. The Morgan fingerprint density at radius 1 is 0.962 bits per heavy atom. The molecule has 0 aliphatic carbocycles.